The van der Waals surface area contributed by atoms with Gasteiger partial charge in [0.15, 0.2) is 0 Å². The quantitative estimate of drug-likeness (QED) is 0.325. The van der Waals surface area contributed by atoms with E-state index in [2.05, 4.69) is 5.32 Å². The van der Waals surface area contributed by atoms with Gasteiger partial charge in [0.25, 0.3) is 0 Å². The van der Waals surface area contributed by atoms with Gasteiger partial charge < -0.3 is 5.32 Å². The second-order valence-corrected chi connectivity index (χ2v) is 12.3. The first kappa shape index (κ1) is 25.1. The van der Waals surface area contributed by atoms with Gasteiger partial charge in [-0.3, -0.25) is 23.7 Å². The maximum atomic E-state index is 13.7. The highest BCUT2D eigenvalue weighted by atomic mass is 35.5. The van der Waals surface area contributed by atoms with Crippen molar-refractivity contribution in [2.45, 2.75) is 22.7 Å². The fourth-order valence-corrected chi connectivity index (χ4v) is 8.60. The summed E-state index contributed by atoms with van der Waals surface area (Å²) in [5.41, 5.74) is 0.830. The van der Waals surface area contributed by atoms with Crippen LogP contribution in [0.15, 0.2) is 75.9 Å². The molecular formula is C26H17ClFN3O4S3. The summed E-state index contributed by atoms with van der Waals surface area (Å²) in [6, 6.07) is 15.6. The molecular weight excluding hydrogens is 569 g/mol. The van der Waals surface area contributed by atoms with Crippen LogP contribution in [0.3, 0.4) is 0 Å². The van der Waals surface area contributed by atoms with Crippen LogP contribution in [0.4, 0.5) is 15.8 Å². The third kappa shape index (κ3) is 4.29. The minimum atomic E-state index is -0.766. The zero-order valence-electron chi connectivity index (χ0n) is 19.3. The topological polar surface area (TPSA) is 88.5 Å². The minimum Gasteiger partial charge on any atom is -0.325 e. The van der Waals surface area contributed by atoms with Gasteiger partial charge in [-0.25, -0.2) is 9.29 Å². The van der Waals surface area contributed by atoms with Gasteiger partial charge >= 0.3 is 4.87 Å². The number of carbonyl (C=O) groups is 3. The number of thiophene rings is 1. The molecule has 0 saturated carbocycles. The van der Waals surface area contributed by atoms with E-state index in [0.29, 0.717) is 26.3 Å². The molecule has 4 aromatic rings. The van der Waals surface area contributed by atoms with E-state index in [9.17, 15) is 23.6 Å². The number of nitrogens with one attached hydrogen (secondary N) is 1. The van der Waals surface area contributed by atoms with Gasteiger partial charge in [0.1, 0.15) is 17.6 Å². The molecule has 4 heterocycles. The Kier molecular flexibility index (Phi) is 6.47. The van der Waals surface area contributed by atoms with E-state index in [1.54, 1.807) is 24.3 Å². The van der Waals surface area contributed by atoms with Crippen molar-refractivity contribution in [3.8, 4) is 0 Å². The number of rotatable bonds is 5. The molecule has 192 valence electrons. The van der Waals surface area contributed by atoms with Crippen LogP contribution in [0, 0.1) is 11.7 Å². The smallest absolute Gasteiger partial charge is 0.308 e. The summed E-state index contributed by atoms with van der Waals surface area (Å²) >= 11 is 9.60. The summed E-state index contributed by atoms with van der Waals surface area (Å²) in [5.74, 6) is -2.80. The highest BCUT2D eigenvalue weighted by Gasteiger charge is 2.57. The number of nitrogens with zero attached hydrogens (tertiary/aromatic N) is 2. The summed E-state index contributed by atoms with van der Waals surface area (Å²) in [4.78, 5) is 55.7. The fraction of sp³-hybridized carbons (Fsp3) is 0.154. The minimum absolute atomic E-state index is 0.285. The number of benzene rings is 2. The maximum absolute atomic E-state index is 13.7. The summed E-state index contributed by atoms with van der Waals surface area (Å²) in [5, 5.41) is 4.79. The van der Waals surface area contributed by atoms with Crippen molar-refractivity contribution >= 4 is 75.1 Å². The lowest BCUT2D eigenvalue weighted by Gasteiger charge is -2.29. The van der Waals surface area contributed by atoms with Crippen LogP contribution >= 0.6 is 46.0 Å². The molecule has 0 radical (unpaired) electrons. The lowest BCUT2D eigenvalue weighted by molar-refractivity contribution is -0.122. The monoisotopic (exact) mass is 585 g/mol. The molecule has 1 fully saturated rings. The van der Waals surface area contributed by atoms with Crippen molar-refractivity contribution in [2.75, 3.05) is 10.2 Å². The molecule has 0 unspecified atom stereocenters. The molecule has 12 heteroatoms. The van der Waals surface area contributed by atoms with Crippen molar-refractivity contribution in [1.29, 1.82) is 0 Å². The summed E-state index contributed by atoms with van der Waals surface area (Å²) < 4.78 is 14.6. The van der Waals surface area contributed by atoms with E-state index < -0.39 is 28.8 Å². The zero-order chi connectivity index (χ0) is 26.6. The number of amides is 3. The summed E-state index contributed by atoms with van der Waals surface area (Å²) in [6.45, 7) is -0.285. The van der Waals surface area contributed by atoms with E-state index >= 15 is 0 Å². The fourth-order valence-electron chi connectivity index (χ4n) is 4.75. The molecule has 0 spiro atoms. The Bertz CT molecular complexity index is 1620. The Hall–Kier alpha value is -3.25. The normalized spacial score (nSPS) is 20.4. The van der Waals surface area contributed by atoms with Crippen molar-refractivity contribution in [3.63, 3.8) is 0 Å². The van der Waals surface area contributed by atoms with Crippen molar-refractivity contribution in [3.05, 3.63) is 96.3 Å². The number of hydrogen-bond donors (Lipinski definition) is 1. The molecule has 1 saturated heterocycles. The van der Waals surface area contributed by atoms with Crippen molar-refractivity contribution < 1.29 is 18.8 Å². The SMILES string of the molecule is O=C(Cn1c2c(sc1=O)[C@@H](c1cccs1)[C@H]1C(=O)N(c3ccc(Cl)cc3)C(=O)[C@H]1S2)Nc1ccc(F)cc1. The second-order valence-electron chi connectivity index (χ2n) is 8.72. The lowest BCUT2D eigenvalue weighted by Crippen LogP contribution is -2.32. The molecule has 2 aromatic heterocycles. The van der Waals surface area contributed by atoms with Crippen LogP contribution < -0.4 is 15.1 Å². The Morgan fingerprint density at radius 3 is 2.42 bits per heavy atom. The number of imide groups is 1. The van der Waals surface area contributed by atoms with E-state index in [-0.39, 0.29) is 23.2 Å². The van der Waals surface area contributed by atoms with Crippen molar-refractivity contribution in [1.82, 2.24) is 4.57 Å². The van der Waals surface area contributed by atoms with E-state index in [0.717, 1.165) is 28.0 Å². The first-order valence-electron chi connectivity index (χ1n) is 11.4. The number of hydrogen-bond acceptors (Lipinski definition) is 7. The van der Waals surface area contributed by atoms with Gasteiger partial charge in [0.2, 0.25) is 17.7 Å². The predicted octanol–water partition coefficient (Wildman–Crippen LogP) is 5.20. The average molecular weight is 586 g/mol. The molecule has 6 rings (SSSR count). The molecule has 2 aromatic carbocycles. The highest BCUT2D eigenvalue weighted by Crippen LogP contribution is 2.54. The Morgan fingerprint density at radius 2 is 1.74 bits per heavy atom. The van der Waals surface area contributed by atoms with Gasteiger partial charge in [-0.15, -0.1) is 11.3 Å². The van der Waals surface area contributed by atoms with Crippen LogP contribution in [0.25, 0.3) is 0 Å². The maximum Gasteiger partial charge on any atom is 0.308 e. The molecule has 2 aliphatic rings. The molecule has 38 heavy (non-hydrogen) atoms. The number of thioether (sulfide) groups is 1. The predicted molar refractivity (Wildman–Crippen MR) is 147 cm³/mol. The van der Waals surface area contributed by atoms with Crippen LogP contribution in [0.2, 0.25) is 5.02 Å². The van der Waals surface area contributed by atoms with Crippen LogP contribution in [-0.4, -0.2) is 27.5 Å². The number of thiazole rings is 1. The van der Waals surface area contributed by atoms with Gasteiger partial charge in [-0.2, -0.15) is 0 Å². The van der Waals surface area contributed by atoms with Gasteiger partial charge in [-0.05, 0) is 60.0 Å². The number of aromatic nitrogens is 1. The third-order valence-electron chi connectivity index (χ3n) is 6.41. The highest BCUT2D eigenvalue weighted by molar-refractivity contribution is 8.00. The number of halogens is 2. The standard InChI is InChI=1S/C26H17ClFN3O4S3/c27-13-3-9-16(10-4-13)31-23(33)20-19(17-2-1-11-36-17)22-25(37-21(20)24(31)34)30(26(35)38-22)12-18(32)29-15-7-5-14(28)6-8-15/h1-11,19-21H,12H2,(H,29,32)/t19-,20+,21-/m0/s1. The number of anilines is 2. The molecule has 3 amide bonds. The summed E-state index contributed by atoms with van der Waals surface area (Å²) in [6.07, 6.45) is 0. The van der Waals surface area contributed by atoms with Crippen LogP contribution in [0.5, 0.6) is 0 Å². The van der Waals surface area contributed by atoms with E-state index in [1.807, 2.05) is 17.5 Å². The average Bonchev–Trinajstić information content (AvgIpc) is 3.59. The zero-order valence-corrected chi connectivity index (χ0v) is 22.5. The first-order chi connectivity index (χ1) is 18.3. The number of carbonyl (C=O) groups excluding carboxylic acids is 3. The molecule has 0 aliphatic carbocycles. The van der Waals surface area contributed by atoms with E-state index in [4.69, 9.17) is 11.6 Å². The molecule has 3 atom stereocenters. The van der Waals surface area contributed by atoms with Gasteiger partial charge in [0.05, 0.1) is 16.6 Å². The molecule has 2 aliphatic heterocycles. The number of fused-ring (bicyclic) bond motifs is 2. The molecule has 7 nitrogen and oxygen atoms in total. The second kappa shape index (κ2) is 9.81. The Balaban J connectivity index is 1.38. The van der Waals surface area contributed by atoms with E-state index in [1.165, 1.54) is 45.1 Å². The summed E-state index contributed by atoms with van der Waals surface area (Å²) in [7, 11) is 0. The molecule has 0 bridgehead atoms. The van der Waals surface area contributed by atoms with Gasteiger partial charge in [-0.1, -0.05) is 40.8 Å². The van der Waals surface area contributed by atoms with Gasteiger partial charge in [0, 0.05) is 26.4 Å². The third-order valence-corrected chi connectivity index (χ3v) is 10.2. The Morgan fingerprint density at radius 1 is 1.00 bits per heavy atom. The Labute approximate surface area is 232 Å². The lowest BCUT2D eigenvalue weighted by atomic mass is 9.87. The molecule has 1 N–H and O–H groups in total. The largest absolute Gasteiger partial charge is 0.325 e. The van der Waals surface area contributed by atoms with Crippen molar-refractivity contribution in [2.24, 2.45) is 5.92 Å². The van der Waals surface area contributed by atoms with Crippen LogP contribution in [-0.2, 0) is 20.9 Å². The first-order valence-corrected chi connectivity index (χ1v) is 14.4. The van der Waals surface area contributed by atoms with Crippen LogP contribution in [0.1, 0.15) is 15.7 Å².